The number of hydrogen-bond donors (Lipinski definition) is 1. The highest BCUT2D eigenvalue weighted by Crippen LogP contribution is 2.34. The molecule has 4 rings (SSSR count). The Hall–Kier alpha value is -2.66. The van der Waals surface area contributed by atoms with Gasteiger partial charge in [0.1, 0.15) is 6.17 Å². The standard InChI is InChI=1S/C20H19N3OS/c1-2-14-6-3-7-15(12-14)22-19-18-17(9-4-10-21-18)20(24)23(19)13-16-8-5-11-25-16/h3-12,19,22H,2,13H2,1H3/t19-/m0/s1. The molecule has 1 aliphatic heterocycles. The van der Waals surface area contributed by atoms with Crippen molar-refractivity contribution in [2.45, 2.75) is 26.1 Å². The van der Waals surface area contributed by atoms with Crippen molar-refractivity contribution in [3.63, 3.8) is 0 Å². The molecule has 5 heteroatoms. The predicted molar refractivity (Wildman–Crippen MR) is 101 cm³/mol. The number of anilines is 1. The summed E-state index contributed by atoms with van der Waals surface area (Å²) in [6.07, 6.45) is 2.48. The van der Waals surface area contributed by atoms with Gasteiger partial charge in [0.25, 0.3) is 5.91 Å². The normalized spacial score (nSPS) is 16.1. The predicted octanol–water partition coefficient (Wildman–Crippen LogP) is 4.47. The van der Waals surface area contributed by atoms with Crippen LogP contribution in [0.1, 0.15) is 39.6 Å². The molecule has 25 heavy (non-hydrogen) atoms. The number of nitrogens with zero attached hydrogens (tertiary/aromatic N) is 2. The minimum Gasteiger partial charge on any atom is -0.360 e. The van der Waals surface area contributed by atoms with Crippen molar-refractivity contribution in [3.8, 4) is 0 Å². The highest BCUT2D eigenvalue weighted by Gasteiger charge is 2.38. The number of carbonyl (C=O) groups excluding carboxylic acids is 1. The van der Waals surface area contributed by atoms with Crippen LogP contribution in [0.25, 0.3) is 0 Å². The van der Waals surface area contributed by atoms with Gasteiger partial charge in [-0.3, -0.25) is 9.78 Å². The van der Waals surface area contributed by atoms with Crippen LogP contribution < -0.4 is 5.32 Å². The lowest BCUT2D eigenvalue weighted by atomic mass is 10.1. The van der Waals surface area contributed by atoms with Crippen molar-refractivity contribution in [2.24, 2.45) is 0 Å². The summed E-state index contributed by atoms with van der Waals surface area (Å²) < 4.78 is 0. The average molecular weight is 349 g/mol. The molecule has 3 heterocycles. The van der Waals surface area contributed by atoms with E-state index in [-0.39, 0.29) is 12.1 Å². The Morgan fingerprint density at radius 1 is 1.20 bits per heavy atom. The third-order valence-electron chi connectivity index (χ3n) is 4.45. The minimum atomic E-state index is -0.252. The van der Waals surface area contributed by atoms with Crippen LogP contribution in [0, 0.1) is 0 Å². The molecule has 0 radical (unpaired) electrons. The SMILES string of the molecule is CCc1cccc(N[C@@H]2c3ncccc3C(=O)N2Cc2cccs2)c1. The second-order valence-electron chi connectivity index (χ2n) is 6.05. The first-order chi connectivity index (χ1) is 12.3. The molecule has 2 aromatic heterocycles. The van der Waals surface area contributed by atoms with Gasteiger partial charge in [0.2, 0.25) is 0 Å². The van der Waals surface area contributed by atoms with E-state index < -0.39 is 0 Å². The van der Waals surface area contributed by atoms with Gasteiger partial charge in [0.05, 0.1) is 17.8 Å². The van der Waals surface area contributed by atoms with Crippen LogP contribution in [0.3, 0.4) is 0 Å². The van der Waals surface area contributed by atoms with Gasteiger partial charge in [-0.05, 0) is 47.7 Å². The fraction of sp³-hybridized carbons (Fsp3) is 0.200. The Bertz CT molecular complexity index is 891. The van der Waals surface area contributed by atoms with Gasteiger partial charge in [-0.25, -0.2) is 0 Å². The molecule has 1 aliphatic rings. The van der Waals surface area contributed by atoms with Gasteiger partial charge >= 0.3 is 0 Å². The van der Waals surface area contributed by atoms with Gasteiger partial charge in [-0.2, -0.15) is 0 Å². The lowest BCUT2D eigenvalue weighted by molar-refractivity contribution is 0.0729. The molecule has 0 saturated carbocycles. The first-order valence-corrected chi connectivity index (χ1v) is 9.28. The van der Waals surface area contributed by atoms with Crippen LogP contribution in [0.5, 0.6) is 0 Å². The van der Waals surface area contributed by atoms with Gasteiger partial charge in [-0.15, -0.1) is 11.3 Å². The lowest BCUT2D eigenvalue weighted by Gasteiger charge is -2.26. The number of aryl methyl sites for hydroxylation is 1. The third-order valence-corrected chi connectivity index (χ3v) is 5.31. The van der Waals surface area contributed by atoms with Crippen LogP contribution in [0.4, 0.5) is 5.69 Å². The van der Waals surface area contributed by atoms with Crippen molar-refractivity contribution in [1.29, 1.82) is 0 Å². The second kappa shape index (κ2) is 6.69. The highest BCUT2D eigenvalue weighted by atomic mass is 32.1. The molecule has 1 atom stereocenters. The van der Waals surface area contributed by atoms with Crippen molar-refractivity contribution in [2.75, 3.05) is 5.32 Å². The number of hydrogen-bond acceptors (Lipinski definition) is 4. The number of amides is 1. The summed E-state index contributed by atoms with van der Waals surface area (Å²) in [6, 6.07) is 16.1. The first kappa shape index (κ1) is 15.8. The van der Waals surface area contributed by atoms with Crippen LogP contribution in [0.15, 0.2) is 60.1 Å². The fourth-order valence-electron chi connectivity index (χ4n) is 3.15. The molecule has 0 bridgehead atoms. The topological polar surface area (TPSA) is 45.2 Å². The van der Waals surface area contributed by atoms with E-state index in [2.05, 4.69) is 35.4 Å². The number of benzene rings is 1. The van der Waals surface area contributed by atoms with E-state index in [9.17, 15) is 4.79 Å². The molecule has 4 nitrogen and oxygen atoms in total. The summed E-state index contributed by atoms with van der Waals surface area (Å²) in [5, 5.41) is 5.55. The lowest BCUT2D eigenvalue weighted by Crippen LogP contribution is -2.31. The summed E-state index contributed by atoms with van der Waals surface area (Å²) in [7, 11) is 0. The Kier molecular flexibility index (Phi) is 4.24. The molecule has 126 valence electrons. The number of nitrogens with one attached hydrogen (secondary N) is 1. The minimum absolute atomic E-state index is 0.0284. The Balaban J connectivity index is 1.68. The first-order valence-electron chi connectivity index (χ1n) is 8.40. The van der Waals surface area contributed by atoms with E-state index in [0.717, 1.165) is 22.7 Å². The maximum absolute atomic E-state index is 12.9. The molecular weight excluding hydrogens is 330 g/mol. The molecule has 0 unspecified atom stereocenters. The van der Waals surface area contributed by atoms with Crippen LogP contribution in [-0.2, 0) is 13.0 Å². The van der Waals surface area contributed by atoms with E-state index >= 15 is 0 Å². The Labute approximate surface area is 151 Å². The van der Waals surface area contributed by atoms with Crippen LogP contribution in [0.2, 0.25) is 0 Å². The molecule has 0 spiro atoms. The Morgan fingerprint density at radius 3 is 2.92 bits per heavy atom. The molecular formula is C20H19N3OS. The van der Waals surface area contributed by atoms with Crippen molar-refractivity contribution in [1.82, 2.24) is 9.88 Å². The molecule has 0 fully saturated rings. The third kappa shape index (κ3) is 3.03. The largest absolute Gasteiger partial charge is 0.360 e. The summed E-state index contributed by atoms with van der Waals surface area (Å²) in [5.74, 6) is 0.0284. The number of aromatic nitrogens is 1. The van der Waals surface area contributed by atoms with Gasteiger partial charge in [0, 0.05) is 16.8 Å². The van der Waals surface area contributed by atoms with Crippen LogP contribution >= 0.6 is 11.3 Å². The van der Waals surface area contributed by atoms with Gasteiger partial charge in [-0.1, -0.05) is 25.1 Å². The van der Waals surface area contributed by atoms with E-state index in [4.69, 9.17) is 0 Å². The summed E-state index contributed by atoms with van der Waals surface area (Å²) in [6.45, 7) is 2.72. The summed E-state index contributed by atoms with van der Waals surface area (Å²) >= 11 is 1.66. The van der Waals surface area contributed by atoms with E-state index in [0.29, 0.717) is 12.1 Å². The summed E-state index contributed by atoms with van der Waals surface area (Å²) in [5.41, 5.74) is 3.75. The molecule has 0 saturated heterocycles. The maximum Gasteiger partial charge on any atom is 0.258 e. The van der Waals surface area contributed by atoms with Crippen LogP contribution in [-0.4, -0.2) is 15.8 Å². The quantitative estimate of drug-likeness (QED) is 0.739. The highest BCUT2D eigenvalue weighted by molar-refractivity contribution is 7.09. The number of thiophene rings is 1. The zero-order valence-corrected chi connectivity index (χ0v) is 14.8. The zero-order chi connectivity index (χ0) is 17.2. The number of carbonyl (C=O) groups is 1. The fourth-order valence-corrected chi connectivity index (χ4v) is 3.86. The smallest absolute Gasteiger partial charge is 0.258 e. The molecule has 0 aliphatic carbocycles. The van der Waals surface area contributed by atoms with E-state index in [1.54, 1.807) is 17.5 Å². The number of fused-ring (bicyclic) bond motifs is 1. The molecule has 1 aromatic carbocycles. The van der Waals surface area contributed by atoms with Gasteiger partial charge < -0.3 is 10.2 Å². The number of rotatable bonds is 5. The van der Waals surface area contributed by atoms with Crippen molar-refractivity contribution < 1.29 is 4.79 Å². The second-order valence-corrected chi connectivity index (χ2v) is 7.08. The van der Waals surface area contributed by atoms with E-state index in [1.807, 2.05) is 40.6 Å². The molecule has 1 amide bonds. The maximum atomic E-state index is 12.9. The van der Waals surface area contributed by atoms with Gasteiger partial charge in [0.15, 0.2) is 0 Å². The zero-order valence-electron chi connectivity index (χ0n) is 14.0. The summed E-state index contributed by atoms with van der Waals surface area (Å²) in [4.78, 5) is 20.4. The van der Waals surface area contributed by atoms with Crippen molar-refractivity contribution >= 4 is 22.9 Å². The Morgan fingerprint density at radius 2 is 2.12 bits per heavy atom. The monoisotopic (exact) mass is 349 g/mol. The van der Waals surface area contributed by atoms with Crippen molar-refractivity contribution in [3.05, 3.63) is 81.8 Å². The number of pyridine rings is 1. The molecule has 3 aromatic rings. The van der Waals surface area contributed by atoms with E-state index in [1.165, 1.54) is 5.56 Å². The molecule has 1 N–H and O–H groups in total. The average Bonchev–Trinajstić information content (AvgIpc) is 3.25.